The lowest BCUT2D eigenvalue weighted by Crippen LogP contribution is -2.30. The number of nitrogens with one attached hydrogen (secondary N) is 1. The third kappa shape index (κ3) is 4.34. The standard InChI is InChI=1S/C22H18ClN3O2S/c23-18-12-11-17(29-18)20-19(21(24)28-26-20)22(27)25-16(15-9-5-2-6-10-15)13-14-7-3-1-4-8-14/h1-12,16H,13,24H2,(H,25,27). The Labute approximate surface area is 177 Å². The van der Waals surface area contributed by atoms with Crippen LogP contribution in [0.15, 0.2) is 77.3 Å². The molecule has 0 saturated heterocycles. The van der Waals surface area contributed by atoms with Crippen LogP contribution in [-0.2, 0) is 6.42 Å². The number of aromatic nitrogens is 1. The van der Waals surface area contributed by atoms with Gasteiger partial charge in [-0.25, -0.2) is 0 Å². The molecule has 0 spiro atoms. The second-order valence-electron chi connectivity index (χ2n) is 6.50. The van der Waals surface area contributed by atoms with Crippen LogP contribution in [0.4, 0.5) is 5.88 Å². The van der Waals surface area contributed by atoms with E-state index in [4.69, 9.17) is 21.9 Å². The predicted molar refractivity (Wildman–Crippen MR) is 116 cm³/mol. The first-order valence-electron chi connectivity index (χ1n) is 9.02. The summed E-state index contributed by atoms with van der Waals surface area (Å²) in [6.07, 6.45) is 0.641. The fourth-order valence-corrected chi connectivity index (χ4v) is 4.18. The lowest BCUT2D eigenvalue weighted by Gasteiger charge is -2.19. The predicted octanol–water partition coefficient (Wildman–Crippen LogP) is 5.35. The minimum absolute atomic E-state index is 0.0199. The van der Waals surface area contributed by atoms with Gasteiger partial charge in [0, 0.05) is 0 Å². The van der Waals surface area contributed by atoms with Crippen molar-refractivity contribution in [2.24, 2.45) is 0 Å². The van der Waals surface area contributed by atoms with E-state index in [2.05, 4.69) is 10.5 Å². The van der Waals surface area contributed by atoms with Crippen molar-refractivity contribution in [3.05, 3.63) is 93.8 Å². The largest absolute Gasteiger partial charge is 0.367 e. The molecule has 5 nitrogen and oxygen atoms in total. The number of nitrogen functional groups attached to an aromatic ring is 1. The zero-order valence-corrected chi connectivity index (χ0v) is 16.9. The third-order valence-corrected chi connectivity index (χ3v) is 5.78. The molecular weight excluding hydrogens is 406 g/mol. The molecule has 3 N–H and O–H groups in total. The van der Waals surface area contributed by atoms with Crippen LogP contribution in [0, 0.1) is 0 Å². The molecule has 4 aromatic rings. The summed E-state index contributed by atoms with van der Waals surface area (Å²) in [6.45, 7) is 0. The number of amides is 1. The van der Waals surface area contributed by atoms with Crippen LogP contribution in [0.25, 0.3) is 10.6 Å². The summed E-state index contributed by atoms with van der Waals surface area (Å²) in [7, 11) is 0. The number of thiophene rings is 1. The zero-order valence-electron chi connectivity index (χ0n) is 15.3. The Kier molecular flexibility index (Phi) is 5.64. The van der Waals surface area contributed by atoms with Crippen molar-refractivity contribution in [1.29, 1.82) is 0 Å². The molecule has 0 saturated carbocycles. The fraction of sp³-hybridized carbons (Fsp3) is 0.0909. The van der Waals surface area contributed by atoms with E-state index in [-0.39, 0.29) is 23.4 Å². The van der Waals surface area contributed by atoms with Gasteiger partial charge in [0.15, 0.2) is 0 Å². The van der Waals surface area contributed by atoms with Gasteiger partial charge in [-0.2, -0.15) is 0 Å². The number of carbonyl (C=O) groups excluding carboxylic acids is 1. The molecule has 0 bridgehead atoms. The van der Waals surface area contributed by atoms with Gasteiger partial charge in [-0.3, -0.25) is 4.79 Å². The number of rotatable bonds is 6. The van der Waals surface area contributed by atoms with Crippen molar-refractivity contribution in [2.45, 2.75) is 12.5 Å². The molecule has 29 heavy (non-hydrogen) atoms. The number of benzene rings is 2. The van der Waals surface area contributed by atoms with Gasteiger partial charge in [0.25, 0.3) is 5.91 Å². The van der Waals surface area contributed by atoms with Crippen LogP contribution in [0.1, 0.15) is 27.5 Å². The molecule has 1 amide bonds. The van der Waals surface area contributed by atoms with Crippen LogP contribution in [0.3, 0.4) is 0 Å². The van der Waals surface area contributed by atoms with E-state index in [1.165, 1.54) is 11.3 Å². The lowest BCUT2D eigenvalue weighted by molar-refractivity contribution is 0.0937. The average molecular weight is 424 g/mol. The van der Waals surface area contributed by atoms with Gasteiger partial charge in [0.1, 0.15) is 11.3 Å². The summed E-state index contributed by atoms with van der Waals surface area (Å²) in [5.74, 6) is -0.360. The second kappa shape index (κ2) is 8.51. The monoisotopic (exact) mass is 423 g/mol. The molecule has 1 unspecified atom stereocenters. The maximum absolute atomic E-state index is 13.2. The molecule has 2 heterocycles. The molecule has 4 rings (SSSR count). The van der Waals surface area contributed by atoms with Crippen LogP contribution >= 0.6 is 22.9 Å². The first-order chi connectivity index (χ1) is 14.1. The number of hydrogen-bond acceptors (Lipinski definition) is 5. The second-order valence-corrected chi connectivity index (χ2v) is 8.22. The maximum Gasteiger partial charge on any atom is 0.259 e. The molecule has 146 valence electrons. The highest BCUT2D eigenvalue weighted by molar-refractivity contribution is 7.19. The molecule has 2 aromatic carbocycles. The van der Waals surface area contributed by atoms with Crippen LogP contribution < -0.4 is 11.1 Å². The smallest absolute Gasteiger partial charge is 0.259 e. The van der Waals surface area contributed by atoms with Gasteiger partial charge < -0.3 is 15.6 Å². The molecule has 0 radical (unpaired) electrons. The molecule has 7 heteroatoms. The molecule has 0 aliphatic heterocycles. The summed E-state index contributed by atoms with van der Waals surface area (Å²) in [5.41, 5.74) is 8.66. The van der Waals surface area contributed by atoms with E-state index in [9.17, 15) is 4.79 Å². The molecule has 2 aromatic heterocycles. The van der Waals surface area contributed by atoms with Crippen LogP contribution in [0.5, 0.6) is 0 Å². The van der Waals surface area contributed by atoms with Crippen molar-refractivity contribution in [3.63, 3.8) is 0 Å². The topological polar surface area (TPSA) is 81.2 Å². The number of hydrogen-bond donors (Lipinski definition) is 2. The Morgan fingerprint density at radius 2 is 1.76 bits per heavy atom. The zero-order chi connectivity index (χ0) is 20.2. The van der Waals surface area contributed by atoms with Gasteiger partial charge in [-0.05, 0) is 29.7 Å². The average Bonchev–Trinajstić information content (AvgIpc) is 3.34. The Balaban J connectivity index is 1.65. The first kappa shape index (κ1) is 19.2. The SMILES string of the molecule is Nc1onc(-c2ccc(Cl)s2)c1C(=O)NC(Cc1ccccc1)c1ccccc1. The molecule has 1 atom stereocenters. The van der Waals surface area contributed by atoms with E-state index in [1.807, 2.05) is 60.7 Å². The van der Waals surface area contributed by atoms with Crippen LogP contribution in [-0.4, -0.2) is 11.1 Å². The number of halogens is 1. The van der Waals surface area contributed by atoms with Crippen molar-refractivity contribution in [2.75, 3.05) is 5.73 Å². The summed E-state index contributed by atoms with van der Waals surface area (Å²) >= 11 is 7.34. The minimum atomic E-state index is -0.340. The van der Waals surface area contributed by atoms with Crippen LogP contribution in [0.2, 0.25) is 4.34 Å². The van der Waals surface area contributed by atoms with Crippen molar-refractivity contribution >= 4 is 34.7 Å². The van der Waals surface area contributed by atoms with E-state index in [1.54, 1.807) is 12.1 Å². The summed E-state index contributed by atoms with van der Waals surface area (Å²) in [6, 6.07) is 23.1. The van der Waals surface area contributed by atoms with E-state index >= 15 is 0 Å². The Morgan fingerprint density at radius 3 is 2.41 bits per heavy atom. The maximum atomic E-state index is 13.2. The fourth-order valence-electron chi connectivity index (χ4n) is 3.15. The Bertz CT molecular complexity index is 1110. The number of nitrogens with two attached hydrogens (primary N) is 1. The Hall–Kier alpha value is -3.09. The van der Waals surface area contributed by atoms with Crippen molar-refractivity contribution < 1.29 is 9.32 Å². The quantitative estimate of drug-likeness (QED) is 0.438. The van der Waals surface area contributed by atoms with Gasteiger partial charge in [-0.15, -0.1) is 11.3 Å². The summed E-state index contributed by atoms with van der Waals surface area (Å²) in [4.78, 5) is 13.9. The van der Waals surface area contributed by atoms with Gasteiger partial charge in [-0.1, -0.05) is 77.4 Å². The van der Waals surface area contributed by atoms with E-state index in [0.717, 1.165) is 16.0 Å². The highest BCUT2D eigenvalue weighted by atomic mass is 35.5. The normalized spacial score (nSPS) is 11.9. The summed E-state index contributed by atoms with van der Waals surface area (Å²) in [5, 5.41) is 7.07. The van der Waals surface area contributed by atoms with Gasteiger partial charge in [0.05, 0.1) is 15.3 Å². The summed E-state index contributed by atoms with van der Waals surface area (Å²) < 4.78 is 5.71. The van der Waals surface area contributed by atoms with E-state index in [0.29, 0.717) is 16.5 Å². The molecule has 0 aliphatic rings. The van der Waals surface area contributed by atoms with Crippen molar-refractivity contribution in [1.82, 2.24) is 10.5 Å². The molecule has 0 fully saturated rings. The molecule has 0 aliphatic carbocycles. The van der Waals surface area contributed by atoms with Crippen molar-refractivity contribution in [3.8, 4) is 10.6 Å². The van der Waals surface area contributed by atoms with Gasteiger partial charge >= 0.3 is 0 Å². The van der Waals surface area contributed by atoms with E-state index < -0.39 is 0 Å². The van der Waals surface area contributed by atoms with Gasteiger partial charge in [0.2, 0.25) is 5.88 Å². The molecular formula is C22H18ClN3O2S. The highest BCUT2D eigenvalue weighted by Gasteiger charge is 2.26. The highest BCUT2D eigenvalue weighted by Crippen LogP contribution is 2.34. The lowest BCUT2D eigenvalue weighted by atomic mass is 9.98. The number of anilines is 1. The Morgan fingerprint density at radius 1 is 1.07 bits per heavy atom. The number of nitrogens with zero attached hydrogens (tertiary/aromatic N) is 1. The third-order valence-electron chi connectivity index (χ3n) is 4.54. The first-order valence-corrected chi connectivity index (χ1v) is 10.2. The number of carbonyl (C=O) groups is 1. The minimum Gasteiger partial charge on any atom is -0.367 e.